The molecule has 1 saturated heterocycles. The minimum atomic E-state index is -0.350. The van der Waals surface area contributed by atoms with E-state index < -0.39 is 0 Å². The predicted octanol–water partition coefficient (Wildman–Crippen LogP) is 1.58. The molecule has 1 fully saturated rings. The van der Waals surface area contributed by atoms with E-state index in [2.05, 4.69) is 9.97 Å². The van der Waals surface area contributed by atoms with E-state index in [1.165, 1.54) is 0 Å². The van der Waals surface area contributed by atoms with Gasteiger partial charge in [0.15, 0.2) is 0 Å². The Morgan fingerprint density at radius 3 is 3.05 bits per heavy atom. The molecule has 6 heteroatoms. The highest BCUT2D eigenvalue weighted by molar-refractivity contribution is 5.79. The van der Waals surface area contributed by atoms with Crippen LogP contribution in [0.4, 0.5) is 5.95 Å². The lowest BCUT2D eigenvalue weighted by molar-refractivity contribution is -0.145. The summed E-state index contributed by atoms with van der Waals surface area (Å²) in [6.07, 6.45) is 2.70. The summed E-state index contributed by atoms with van der Waals surface area (Å²) in [7, 11) is 0. The number of carbonyl (C=O) groups excluding carboxylic acids is 1. The molecule has 106 valence electrons. The van der Waals surface area contributed by atoms with E-state index in [1.807, 2.05) is 17.9 Å². The number of hydrogen-bond donors (Lipinski definition) is 0. The van der Waals surface area contributed by atoms with E-state index >= 15 is 0 Å². The normalized spacial score (nSPS) is 18.4. The van der Waals surface area contributed by atoms with Gasteiger partial charge in [-0.15, -0.1) is 0 Å². The van der Waals surface area contributed by atoms with E-state index in [0.29, 0.717) is 24.8 Å². The average Bonchev–Trinajstić information content (AvgIpc) is 2.46. The number of piperidine rings is 1. The molecule has 20 heavy (non-hydrogen) atoms. The molecule has 0 aromatic carbocycles. The van der Waals surface area contributed by atoms with E-state index in [0.717, 1.165) is 25.0 Å². The van der Waals surface area contributed by atoms with E-state index in [1.54, 1.807) is 13.0 Å². The van der Waals surface area contributed by atoms with Crippen LogP contribution in [0.3, 0.4) is 0 Å². The second-order valence-electron chi connectivity index (χ2n) is 4.76. The van der Waals surface area contributed by atoms with Crippen molar-refractivity contribution in [2.45, 2.75) is 39.2 Å². The number of ether oxygens (including phenoxy) is 1. The maximum absolute atomic E-state index is 12.0. The Labute approximate surface area is 118 Å². The zero-order valence-electron chi connectivity index (χ0n) is 11.8. The molecular weight excluding hydrogens is 256 g/mol. The molecule has 0 aliphatic carbocycles. The molecule has 0 bridgehead atoms. The standard InChI is InChI=1S/C14H18N4O2/c1-3-20-13(19)12-6-4-5-7-18(12)14-16-10(2)8-11(9-15)17-14/h8,12H,3-7H2,1-2H3. The minimum absolute atomic E-state index is 0.240. The highest BCUT2D eigenvalue weighted by Gasteiger charge is 2.31. The Hall–Kier alpha value is -2.16. The van der Waals surface area contributed by atoms with Gasteiger partial charge < -0.3 is 9.64 Å². The van der Waals surface area contributed by atoms with Gasteiger partial charge in [0.25, 0.3) is 0 Å². The quantitative estimate of drug-likeness (QED) is 0.779. The molecule has 1 atom stereocenters. The molecule has 0 radical (unpaired) electrons. The van der Waals surface area contributed by atoms with Crippen LogP contribution in [0, 0.1) is 18.3 Å². The molecular formula is C14H18N4O2. The van der Waals surface area contributed by atoms with E-state index in [9.17, 15) is 4.79 Å². The summed E-state index contributed by atoms with van der Waals surface area (Å²) in [5.41, 5.74) is 1.04. The Kier molecular flexibility index (Phi) is 4.51. The number of hydrogen-bond acceptors (Lipinski definition) is 6. The van der Waals surface area contributed by atoms with Crippen molar-refractivity contribution in [2.75, 3.05) is 18.1 Å². The number of carbonyl (C=O) groups is 1. The minimum Gasteiger partial charge on any atom is -0.464 e. The number of aromatic nitrogens is 2. The van der Waals surface area contributed by atoms with Gasteiger partial charge in [0.2, 0.25) is 5.95 Å². The third-order valence-electron chi connectivity index (χ3n) is 3.28. The molecule has 0 N–H and O–H groups in total. The van der Waals surface area contributed by atoms with Crippen LogP contribution in [0.1, 0.15) is 37.6 Å². The van der Waals surface area contributed by atoms with Crippen LogP contribution in [0.2, 0.25) is 0 Å². The molecule has 0 spiro atoms. The molecule has 6 nitrogen and oxygen atoms in total. The molecule has 2 heterocycles. The van der Waals surface area contributed by atoms with E-state index in [4.69, 9.17) is 10.00 Å². The zero-order valence-corrected chi connectivity index (χ0v) is 11.8. The molecule has 1 aliphatic heterocycles. The van der Waals surface area contributed by atoms with Crippen molar-refractivity contribution in [1.29, 1.82) is 5.26 Å². The fraction of sp³-hybridized carbons (Fsp3) is 0.571. The van der Waals surface area contributed by atoms with Crippen LogP contribution in [0.5, 0.6) is 0 Å². The van der Waals surface area contributed by atoms with Gasteiger partial charge in [-0.2, -0.15) is 5.26 Å². The predicted molar refractivity (Wildman–Crippen MR) is 73.1 cm³/mol. The summed E-state index contributed by atoms with van der Waals surface area (Å²) in [6.45, 7) is 4.68. The lowest BCUT2D eigenvalue weighted by atomic mass is 10.0. The van der Waals surface area contributed by atoms with Crippen molar-refractivity contribution >= 4 is 11.9 Å². The van der Waals surface area contributed by atoms with Crippen LogP contribution in [0.25, 0.3) is 0 Å². The second kappa shape index (κ2) is 6.33. The van der Waals surface area contributed by atoms with Crippen LogP contribution >= 0.6 is 0 Å². The molecule has 2 rings (SSSR count). The molecule has 1 aliphatic rings. The summed E-state index contributed by atoms with van der Waals surface area (Å²) >= 11 is 0. The molecule has 1 aromatic heterocycles. The van der Waals surface area contributed by atoms with Crippen molar-refractivity contribution in [2.24, 2.45) is 0 Å². The van der Waals surface area contributed by atoms with Crippen molar-refractivity contribution in [3.05, 3.63) is 17.5 Å². The Balaban J connectivity index is 2.30. The van der Waals surface area contributed by atoms with Gasteiger partial charge in [-0.05, 0) is 39.2 Å². The topological polar surface area (TPSA) is 79.1 Å². The lowest BCUT2D eigenvalue weighted by Crippen LogP contribution is -2.46. The summed E-state index contributed by atoms with van der Waals surface area (Å²) in [4.78, 5) is 22.5. The lowest BCUT2D eigenvalue weighted by Gasteiger charge is -2.34. The van der Waals surface area contributed by atoms with Gasteiger partial charge in [-0.25, -0.2) is 14.8 Å². The largest absolute Gasteiger partial charge is 0.464 e. The third-order valence-corrected chi connectivity index (χ3v) is 3.28. The van der Waals surface area contributed by atoms with Gasteiger partial charge >= 0.3 is 5.97 Å². The Morgan fingerprint density at radius 2 is 2.35 bits per heavy atom. The Bertz CT molecular complexity index is 538. The van der Waals surface area contributed by atoms with Crippen molar-refractivity contribution in [1.82, 2.24) is 9.97 Å². The second-order valence-corrected chi connectivity index (χ2v) is 4.76. The Morgan fingerprint density at radius 1 is 1.55 bits per heavy atom. The highest BCUT2D eigenvalue weighted by atomic mass is 16.5. The van der Waals surface area contributed by atoms with Crippen molar-refractivity contribution < 1.29 is 9.53 Å². The smallest absolute Gasteiger partial charge is 0.328 e. The molecule has 0 amide bonds. The third kappa shape index (κ3) is 3.05. The number of nitriles is 1. The number of aryl methyl sites for hydroxylation is 1. The first-order chi connectivity index (χ1) is 9.65. The number of rotatable bonds is 3. The number of nitrogens with zero attached hydrogens (tertiary/aromatic N) is 4. The zero-order chi connectivity index (χ0) is 14.5. The van der Waals surface area contributed by atoms with Crippen LogP contribution in [-0.4, -0.2) is 35.1 Å². The highest BCUT2D eigenvalue weighted by Crippen LogP contribution is 2.23. The van der Waals surface area contributed by atoms with Crippen LogP contribution in [-0.2, 0) is 9.53 Å². The maximum atomic E-state index is 12.0. The van der Waals surface area contributed by atoms with Crippen LogP contribution in [0.15, 0.2) is 6.07 Å². The average molecular weight is 274 g/mol. The van der Waals surface area contributed by atoms with Gasteiger partial charge in [-0.1, -0.05) is 0 Å². The monoisotopic (exact) mass is 274 g/mol. The molecule has 0 saturated carbocycles. The SMILES string of the molecule is CCOC(=O)C1CCCCN1c1nc(C)cc(C#N)n1. The van der Waals surface area contributed by atoms with E-state index in [-0.39, 0.29) is 12.0 Å². The molecule has 1 unspecified atom stereocenters. The summed E-state index contributed by atoms with van der Waals surface area (Å²) in [6, 6.07) is 3.30. The van der Waals surface area contributed by atoms with Crippen molar-refractivity contribution in [3.8, 4) is 6.07 Å². The first-order valence-corrected chi connectivity index (χ1v) is 6.84. The molecule has 1 aromatic rings. The summed E-state index contributed by atoms with van der Waals surface area (Å²) in [5, 5.41) is 8.99. The number of anilines is 1. The summed E-state index contributed by atoms with van der Waals surface area (Å²) < 4.78 is 5.12. The van der Waals surface area contributed by atoms with Gasteiger partial charge in [0.05, 0.1) is 6.61 Å². The fourth-order valence-electron chi connectivity index (χ4n) is 2.39. The first-order valence-electron chi connectivity index (χ1n) is 6.84. The number of esters is 1. The van der Waals surface area contributed by atoms with Gasteiger partial charge in [0, 0.05) is 12.2 Å². The van der Waals surface area contributed by atoms with Crippen LogP contribution < -0.4 is 4.90 Å². The van der Waals surface area contributed by atoms with Gasteiger partial charge in [0.1, 0.15) is 17.8 Å². The van der Waals surface area contributed by atoms with Gasteiger partial charge in [-0.3, -0.25) is 0 Å². The maximum Gasteiger partial charge on any atom is 0.328 e. The van der Waals surface area contributed by atoms with Crippen molar-refractivity contribution in [3.63, 3.8) is 0 Å². The fourth-order valence-corrected chi connectivity index (χ4v) is 2.39. The summed E-state index contributed by atoms with van der Waals surface area (Å²) in [5.74, 6) is 0.204. The first kappa shape index (κ1) is 14.3.